The zero-order valence-corrected chi connectivity index (χ0v) is 11.7. The van der Waals surface area contributed by atoms with E-state index in [1.807, 2.05) is 0 Å². The molecule has 0 fully saturated rings. The summed E-state index contributed by atoms with van der Waals surface area (Å²) < 4.78 is 23.6. The van der Waals surface area contributed by atoms with Crippen LogP contribution in [0.4, 0.5) is 4.39 Å². The molecule has 0 radical (unpaired) electrons. The van der Waals surface area contributed by atoms with E-state index in [9.17, 15) is 9.18 Å². The number of esters is 1. The summed E-state index contributed by atoms with van der Waals surface area (Å²) in [6.07, 6.45) is 0. The first-order valence-corrected chi connectivity index (χ1v) is 6.15. The number of hydrogen-bond acceptors (Lipinski definition) is 3. The van der Waals surface area contributed by atoms with Gasteiger partial charge >= 0.3 is 5.97 Å². The number of ether oxygens (including phenoxy) is 2. The van der Waals surface area contributed by atoms with Gasteiger partial charge in [0.1, 0.15) is 11.6 Å². The lowest BCUT2D eigenvalue weighted by molar-refractivity contribution is 0.0601. The second kappa shape index (κ2) is 5.92. The Balaban J connectivity index is 2.57. The molecule has 104 valence electrons. The molecule has 2 aromatic carbocycles. The highest BCUT2D eigenvalue weighted by molar-refractivity contribution is 6.31. The summed E-state index contributed by atoms with van der Waals surface area (Å²) in [4.78, 5) is 11.6. The summed E-state index contributed by atoms with van der Waals surface area (Å²) in [6.45, 7) is 0. The Kier molecular flexibility index (Phi) is 4.25. The van der Waals surface area contributed by atoms with Gasteiger partial charge in [0.15, 0.2) is 0 Å². The standard InChI is InChI=1S/C15H12ClFO3/c1-19-12-3-4-14(17)13(8-12)9-5-10(15(18)20-2)7-11(16)6-9/h3-8H,1-2H3. The maximum absolute atomic E-state index is 13.9. The maximum atomic E-state index is 13.9. The number of carbonyl (C=O) groups excluding carboxylic acids is 1. The lowest BCUT2D eigenvalue weighted by atomic mass is 10.0. The average molecular weight is 295 g/mol. The van der Waals surface area contributed by atoms with Crippen molar-refractivity contribution in [2.24, 2.45) is 0 Å². The zero-order chi connectivity index (χ0) is 14.7. The SMILES string of the molecule is COC(=O)c1cc(Cl)cc(-c2cc(OC)ccc2F)c1. The minimum atomic E-state index is -0.531. The summed E-state index contributed by atoms with van der Waals surface area (Å²) >= 11 is 5.97. The summed E-state index contributed by atoms with van der Waals surface area (Å²) in [7, 11) is 2.77. The van der Waals surface area contributed by atoms with Crippen molar-refractivity contribution in [3.63, 3.8) is 0 Å². The lowest BCUT2D eigenvalue weighted by Gasteiger charge is -2.09. The van der Waals surface area contributed by atoms with Gasteiger partial charge in [-0.2, -0.15) is 0 Å². The highest BCUT2D eigenvalue weighted by Crippen LogP contribution is 2.30. The number of hydrogen-bond donors (Lipinski definition) is 0. The predicted molar refractivity (Wildman–Crippen MR) is 74.7 cm³/mol. The third-order valence-electron chi connectivity index (χ3n) is 2.80. The van der Waals surface area contributed by atoms with Crippen molar-refractivity contribution in [2.45, 2.75) is 0 Å². The van der Waals surface area contributed by atoms with E-state index < -0.39 is 11.8 Å². The molecule has 0 N–H and O–H groups in total. The van der Waals surface area contributed by atoms with Gasteiger partial charge < -0.3 is 9.47 Å². The number of benzene rings is 2. The molecule has 0 bridgehead atoms. The van der Waals surface area contributed by atoms with Crippen molar-refractivity contribution in [3.8, 4) is 16.9 Å². The van der Waals surface area contributed by atoms with Crippen molar-refractivity contribution in [3.05, 3.63) is 52.8 Å². The molecule has 0 aliphatic carbocycles. The monoisotopic (exact) mass is 294 g/mol. The molecule has 0 aromatic heterocycles. The Labute approximate surface area is 120 Å². The molecular weight excluding hydrogens is 283 g/mol. The van der Waals surface area contributed by atoms with E-state index in [1.165, 1.54) is 38.5 Å². The first-order valence-electron chi connectivity index (χ1n) is 5.78. The zero-order valence-electron chi connectivity index (χ0n) is 10.9. The normalized spacial score (nSPS) is 10.2. The van der Waals surface area contributed by atoms with Crippen molar-refractivity contribution >= 4 is 17.6 Å². The second-order valence-corrected chi connectivity index (χ2v) is 4.50. The first kappa shape index (κ1) is 14.3. The predicted octanol–water partition coefficient (Wildman–Crippen LogP) is 3.94. The molecule has 20 heavy (non-hydrogen) atoms. The smallest absolute Gasteiger partial charge is 0.337 e. The fourth-order valence-electron chi connectivity index (χ4n) is 1.83. The quantitative estimate of drug-likeness (QED) is 0.804. The average Bonchev–Trinajstić information content (AvgIpc) is 2.46. The minimum Gasteiger partial charge on any atom is -0.497 e. The highest BCUT2D eigenvalue weighted by Gasteiger charge is 2.12. The van der Waals surface area contributed by atoms with Crippen molar-refractivity contribution in [2.75, 3.05) is 14.2 Å². The van der Waals surface area contributed by atoms with Gasteiger partial charge in [0.25, 0.3) is 0 Å². The number of halogens is 2. The number of methoxy groups -OCH3 is 2. The summed E-state index contributed by atoms with van der Waals surface area (Å²) in [5.41, 5.74) is 1.04. The topological polar surface area (TPSA) is 35.5 Å². The molecule has 0 amide bonds. The van der Waals surface area contributed by atoms with Crippen LogP contribution < -0.4 is 4.74 Å². The molecule has 2 rings (SSSR count). The van der Waals surface area contributed by atoms with Crippen LogP contribution in [-0.2, 0) is 4.74 Å². The number of carbonyl (C=O) groups is 1. The van der Waals surface area contributed by atoms with Crippen LogP contribution in [0.15, 0.2) is 36.4 Å². The van der Waals surface area contributed by atoms with E-state index in [-0.39, 0.29) is 5.56 Å². The Bertz CT molecular complexity index is 656. The number of rotatable bonds is 3. The molecule has 0 aliphatic heterocycles. The van der Waals surface area contributed by atoms with Gasteiger partial charge in [0.2, 0.25) is 0 Å². The van der Waals surface area contributed by atoms with Crippen molar-refractivity contribution in [1.82, 2.24) is 0 Å². The largest absolute Gasteiger partial charge is 0.497 e. The molecule has 0 aliphatic rings. The maximum Gasteiger partial charge on any atom is 0.337 e. The first-order chi connectivity index (χ1) is 9.55. The molecule has 0 saturated heterocycles. The second-order valence-electron chi connectivity index (χ2n) is 4.07. The van der Waals surface area contributed by atoms with Gasteiger partial charge in [-0.1, -0.05) is 11.6 Å². The summed E-state index contributed by atoms with van der Waals surface area (Å²) in [5.74, 6) is -0.443. The van der Waals surface area contributed by atoms with Crippen LogP contribution in [0.3, 0.4) is 0 Å². The Morgan fingerprint density at radius 1 is 1.15 bits per heavy atom. The molecule has 2 aromatic rings. The molecule has 5 heteroatoms. The molecule has 0 atom stereocenters. The van der Waals surface area contributed by atoms with Crippen LogP contribution in [0.1, 0.15) is 10.4 Å². The van der Waals surface area contributed by atoms with Gasteiger partial charge in [0, 0.05) is 10.6 Å². The molecular formula is C15H12ClFO3. The van der Waals surface area contributed by atoms with Crippen LogP contribution in [0, 0.1) is 5.82 Å². The van der Waals surface area contributed by atoms with E-state index in [1.54, 1.807) is 12.1 Å². The Morgan fingerprint density at radius 3 is 2.55 bits per heavy atom. The summed E-state index contributed by atoms with van der Waals surface area (Å²) in [6, 6.07) is 8.93. The Hall–Kier alpha value is -2.07. The van der Waals surface area contributed by atoms with E-state index in [0.717, 1.165) is 0 Å². The van der Waals surface area contributed by atoms with Gasteiger partial charge in [0.05, 0.1) is 19.8 Å². The van der Waals surface area contributed by atoms with Crippen LogP contribution in [0.2, 0.25) is 5.02 Å². The van der Waals surface area contributed by atoms with E-state index >= 15 is 0 Å². The van der Waals surface area contributed by atoms with Gasteiger partial charge in [-0.25, -0.2) is 9.18 Å². The highest BCUT2D eigenvalue weighted by atomic mass is 35.5. The third kappa shape index (κ3) is 2.91. The van der Waals surface area contributed by atoms with E-state index in [0.29, 0.717) is 21.9 Å². The van der Waals surface area contributed by atoms with Gasteiger partial charge in [-0.15, -0.1) is 0 Å². The fraction of sp³-hybridized carbons (Fsp3) is 0.133. The van der Waals surface area contributed by atoms with Crippen LogP contribution in [-0.4, -0.2) is 20.2 Å². The molecule has 0 saturated carbocycles. The molecule has 0 unspecified atom stereocenters. The fourth-order valence-corrected chi connectivity index (χ4v) is 2.07. The lowest BCUT2D eigenvalue weighted by Crippen LogP contribution is -2.01. The van der Waals surface area contributed by atoms with Gasteiger partial charge in [-0.3, -0.25) is 0 Å². The minimum absolute atomic E-state index is 0.261. The molecule has 0 heterocycles. The molecule has 0 spiro atoms. The van der Waals surface area contributed by atoms with Crippen LogP contribution in [0.25, 0.3) is 11.1 Å². The van der Waals surface area contributed by atoms with Crippen molar-refractivity contribution in [1.29, 1.82) is 0 Å². The summed E-state index contributed by atoms with van der Waals surface area (Å²) in [5, 5.41) is 0.324. The molecule has 3 nitrogen and oxygen atoms in total. The van der Waals surface area contributed by atoms with Crippen LogP contribution in [0.5, 0.6) is 5.75 Å². The van der Waals surface area contributed by atoms with Crippen LogP contribution >= 0.6 is 11.6 Å². The van der Waals surface area contributed by atoms with Crippen molar-refractivity contribution < 1.29 is 18.7 Å². The van der Waals surface area contributed by atoms with E-state index in [4.69, 9.17) is 16.3 Å². The third-order valence-corrected chi connectivity index (χ3v) is 3.02. The Morgan fingerprint density at radius 2 is 1.90 bits per heavy atom. The van der Waals surface area contributed by atoms with Gasteiger partial charge in [-0.05, 0) is 42.0 Å². The van der Waals surface area contributed by atoms with E-state index in [2.05, 4.69) is 4.74 Å².